The van der Waals surface area contributed by atoms with Crippen LogP contribution < -0.4 is 0 Å². The van der Waals surface area contributed by atoms with E-state index in [1.54, 1.807) is 6.20 Å². The minimum Gasteiger partial charge on any atom is -0.268 e. The third-order valence-corrected chi connectivity index (χ3v) is 4.28. The number of hydrogen-bond donors (Lipinski definition) is 0. The summed E-state index contributed by atoms with van der Waals surface area (Å²) < 4.78 is 3.00. The van der Waals surface area contributed by atoms with Gasteiger partial charge in [0.15, 0.2) is 0 Å². The van der Waals surface area contributed by atoms with Crippen LogP contribution in [0.1, 0.15) is 12.1 Å². The van der Waals surface area contributed by atoms with Crippen LogP contribution in [0.5, 0.6) is 0 Å². The Morgan fingerprint density at radius 1 is 1.42 bits per heavy atom. The number of aryl methyl sites for hydroxylation is 1. The van der Waals surface area contributed by atoms with E-state index < -0.39 is 0 Å². The molecule has 0 amide bonds. The van der Waals surface area contributed by atoms with Crippen LogP contribution in [0.4, 0.5) is 0 Å². The molecule has 0 spiro atoms. The molecule has 2 aromatic heterocycles. The summed E-state index contributed by atoms with van der Waals surface area (Å²) in [6, 6.07) is 5.80. The van der Waals surface area contributed by atoms with Gasteiger partial charge < -0.3 is 0 Å². The third kappa shape index (κ3) is 2.30. The number of hydrogen-bond acceptors (Lipinski definition) is 3. The van der Waals surface area contributed by atoms with Crippen LogP contribution in [-0.2, 0) is 12.9 Å². The smallest absolute Gasteiger partial charge is 0.268 e. The highest BCUT2D eigenvalue weighted by atomic mass is 79.9. The van der Waals surface area contributed by atoms with Gasteiger partial charge in [-0.2, -0.15) is 5.10 Å². The molecule has 0 saturated heterocycles. The van der Waals surface area contributed by atoms with Crippen molar-refractivity contribution in [1.29, 1.82) is 5.26 Å². The predicted molar refractivity (Wildman–Crippen MR) is 77.7 cm³/mol. The molecule has 1 aliphatic rings. The van der Waals surface area contributed by atoms with Gasteiger partial charge in [-0.15, -0.1) is 0 Å². The molecule has 0 fully saturated rings. The van der Waals surface area contributed by atoms with Gasteiger partial charge in [0.1, 0.15) is 5.69 Å². The Bertz CT molecular complexity index is 632. The Labute approximate surface area is 120 Å². The summed E-state index contributed by atoms with van der Waals surface area (Å²) in [6.45, 7) is 0.963. The van der Waals surface area contributed by atoms with Crippen molar-refractivity contribution in [1.82, 2.24) is 14.8 Å². The molecule has 0 radical (unpaired) electrons. The quantitative estimate of drug-likeness (QED) is 0.760. The lowest BCUT2D eigenvalue weighted by atomic mass is 9.46. The lowest BCUT2D eigenvalue weighted by Crippen LogP contribution is -2.13. The molecule has 1 aliphatic heterocycles. The highest BCUT2D eigenvalue weighted by molar-refractivity contribution is 9.10. The minimum absolute atomic E-state index is 0.0887. The van der Waals surface area contributed by atoms with E-state index in [4.69, 9.17) is 5.26 Å². The van der Waals surface area contributed by atoms with Gasteiger partial charge >= 0.3 is 0 Å². The second kappa shape index (κ2) is 5.18. The highest BCUT2D eigenvalue weighted by Crippen LogP contribution is 2.31. The number of halogens is 1. The van der Waals surface area contributed by atoms with Crippen LogP contribution in [0.2, 0.25) is 6.32 Å². The summed E-state index contributed by atoms with van der Waals surface area (Å²) >= 11 is 3.63. The summed E-state index contributed by atoms with van der Waals surface area (Å²) in [5.74, 6) is 2.38. The molecule has 6 heteroatoms. The topological polar surface area (TPSA) is 54.5 Å². The number of nitrogens with zero attached hydrogens (tertiary/aromatic N) is 4. The van der Waals surface area contributed by atoms with E-state index in [0.29, 0.717) is 0 Å². The van der Waals surface area contributed by atoms with Gasteiger partial charge in [-0.3, -0.25) is 9.67 Å². The third-order valence-electron chi connectivity index (χ3n) is 3.45. The van der Waals surface area contributed by atoms with Crippen molar-refractivity contribution in [2.24, 2.45) is 0 Å². The van der Waals surface area contributed by atoms with Crippen molar-refractivity contribution in [2.75, 3.05) is 0 Å². The Morgan fingerprint density at radius 3 is 3.05 bits per heavy atom. The number of pyridine rings is 1. The lowest BCUT2D eigenvalue weighted by Gasteiger charge is -2.01. The van der Waals surface area contributed by atoms with Crippen molar-refractivity contribution in [3.63, 3.8) is 0 Å². The molecule has 19 heavy (non-hydrogen) atoms. The van der Waals surface area contributed by atoms with Gasteiger partial charge in [-0.25, -0.2) is 5.26 Å². The molecule has 3 rings (SSSR count). The monoisotopic (exact) mass is 314 g/mol. The fourth-order valence-corrected chi connectivity index (χ4v) is 3.10. The Kier molecular flexibility index (Phi) is 3.39. The van der Waals surface area contributed by atoms with Crippen LogP contribution in [0.3, 0.4) is 0 Å². The van der Waals surface area contributed by atoms with Crippen LogP contribution in [0.25, 0.3) is 11.4 Å². The molecular formula is C13H12BBrN4. The molecule has 0 bridgehead atoms. The van der Waals surface area contributed by atoms with E-state index in [0.717, 1.165) is 47.2 Å². The molecule has 0 N–H and O–H groups in total. The van der Waals surface area contributed by atoms with Crippen molar-refractivity contribution >= 4 is 22.6 Å². The summed E-state index contributed by atoms with van der Waals surface area (Å²) in [6.07, 6.45) is 4.48. The first-order valence-corrected chi connectivity index (χ1v) is 7.15. The van der Waals surface area contributed by atoms with Gasteiger partial charge in [0, 0.05) is 24.4 Å². The molecule has 3 heterocycles. The molecule has 2 aromatic rings. The summed E-state index contributed by atoms with van der Waals surface area (Å²) in [4.78, 5) is 4.35. The molecule has 0 unspecified atom stereocenters. The molecule has 0 aliphatic carbocycles. The van der Waals surface area contributed by atoms with Gasteiger partial charge in [0.2, 0.25) is 0 Å². The largest absolute Gasteiger partial charge is 0.273 e. The predicted octanol–water partition coefficient (Wildman–Crippen LogP) is 2.75. The maximum atomic E-state index is 9.15. The summed E-state index contributed by atoms with van der Waals surface area (Å²) in [5, 5.41) is 13.8. The first-order chi connectivity index (χ1) is 9.29. The van der Waals surface area contributed by atoms with Crippen molar-refractivity contribution < 1.29 is 0 Å². The van der Waals surface area contributed by atoms with E-state index in [2.05, 4.69) is 32.0 Å². The molecule has 94 valence electrons. The van der Waals surface area contributed by atoms with E-state index in [9.17, 15) is 0 Å². The fraction of sp³-hybridized carbons (Fsp3) is 0.308. The Hall–Kier alpha value is -1.61. The van der Waals surface area contributed by atoms with Gasteiger partial charge in [-0.05, 0) is 40.8 Å². The van der Waals surface area contributed by atoms with Gasteiger partial charge in [0.25, 0.3) is 6.71 Å². The highest BCUT2D eigenvalue weighted by Gasteiger charge is 2.25. The number of fused-ring (bicyclic) bond motifs is 1. The maximum absolute atomic E-state index is 9.15. The fourth-order valence-electron chi connectivity index (χ4n) is 2.45. The second-order valence-corrected chi connectivity index (χ2v) is 5.51. The van der Waals surface area contributed by atoms with Crippen LogP contribution >= 0.6 is 15.9 Å². The number of rotatable bonds is 1. The van der Waals surface area contributed by atoms with Gasteiger partial charge in [-0.1, -0.05) is 12.4 Å². The van der Waals surface area contributed by atoms with Crippen molar-refractivity contribution in [3.8, 4) is 17.4 Å². The number of aromatic nitrogens is 3. The molecule has 0 saturated carbocycles. The second-order valence-electron chi connectivity index (χ2n) is 4.72. The molecule has 0 atom stereocenters. The van der Waals surface area contributed by atoms with Crippen molar-refractivity contribution in [2.45, 2.75) is 25.6 Å². The molecule has 4 nitrogen and oxygen atoms in total. The van der Waals surface area contributed by atoms with E-state index in [1.807, 2.05) is 22.9 Å². The van der Waals surface area contributed by atoms with Gasteiger partial charge in [0.05, 0.1) is 10.2 Å². The Morgan fingerprint density at radius 2 is 2.32 bits per heavy atom. The lowest BCUT2D eigenvalue weighted by molar-refractivity contribution is 0.594. The first kappa shape index (κ1) is 12.4. The minimum atomic E-state index is 0.0887. The summed E-state index contributed by atoms with van der Waals surface area (Å²) in [7, 11) is 0. The zero-order valence-electron chi connectivity index (χ0n) is 10.4. The van der Waals surface area contributed by atoms with Crippen LogP contribution in [-0.4, -0.2) is 21.5 Å². The van der Waals surface area contributed by atoms with Crippen LogP contribution in [0, 0.1) is 11.2 Å². The Balaban J connectivity index is 2.05. The maximum Gasteiger partial charge on any atom is 0.273 e. The zero-order chi connectivity index (χ0) is 13.2. The zero-order valence-corrected chi connectivity index (χ0v) is 12.0. The van der Waals surface area contributed by atoms with E-state index in [-0.39, 0.29) is 6.71 Å². The number of nitriles is 1. The standard InChI is InChI=1S/C13H12BBrN4/c15-12-11-8-14(9-16)5-3-7-19(11)18-13(12)10-4-1-2-6-17-10/h1-2,4,6H,3,5,7-8H2. The summed E-state index contributed by atoms with van der Waals surface area (Å²) in [5.41, 5.74) is 2.85. The first-order valence-electron chi connectivity index (χ1n) is 6.36. The van der Waals surface area contributed by atoms with Crippen molar-refractivity contribution in [3.05, 3.63) is 34.6 Å². The molecular weight excluding hydrogens is 303 g/mol. The average molecular weight is 315 g/mol. The van der Waals surface area contributed by atoms with E-state index in [1.165, 1.54) is 0 Å². The SMILES string of the molecule is N#CB1CCCn2nc(-c3ccccn3)c(Br)c2C1. The average Bonchev–Trinajstić information content (AvgIpc) is 2.65. The normalized spacial score (nSPS) is 14.6. The van der Waals surface area contributed by atoms with E-state index >= 15 is 0 Å². The van der Waals surface area contributed by atoms with Crippen LogP contribution in [0.15, 0.2) is 28.9 Å². The molecule has 0 aromatic carbocycles.